The van der Waals surface area contributed by atoms with Crippen LogP contribution in [0.25, 0.3) is 0 Å². The lowest BCUT2D eigenvalue weighted by Crippen LogP contribution is -2.45. The molecule has 1 aromatic rings. The van der Waals surface area contributed by atoms with Crippen LogP contribution in [-0.2, 0) is 0 Å². The molecule has 1 aromatic carbocycles. The summed E-state index contributed by atoms with van der Waals surface area (Å²) in [6.45, 7) is 3.36. The van der Waals surface area contributed by atoms with Gasteiger partial charge in [-0.25, -0.2) is 0 Å². The van der Waals surface area contributed by atoms with Gasteiger partial charge in [-0.05, 0) is 11.6 Å². The number of nitrogens with zero attached hydrogens (tertiary/aromatic N) is 3. The van der Waals surface area contributed by atoms with E-state index in [0.717, 1.165) is 31.7 Å². The van der Waals surface area contributed by atoms with Crippen molar-refractivity contribution in [2.75, 3.05) is 26.2 Å². The maximum atomic E-state index is 11.0. The zero-order valence-electron chi connectivity index (χ0n) is 11.7. The van der Waals surface area contributed by atoms with E-state index in [2.05, 4.69) is 16.3 Å². The van der Waals surface area contributed by atoms with E-state index in [1.165, 1.54) is 12.1 Å². The van der Waals surface area contributed by atoms with Crippen molar-refractivity contribution in [1.82, 2.24) is 10.2 Å². The number of nitrogens with one attached hydrogen (secondary N) is 1. The zero-order valence-corrected chi connectivity index (χ0v) is 14.1. The second-order valence-electron chi connectivity index (χ2n) is 4.63. The molecule has 1 heterocycles. The summed E-state index contributed by atoms with van der Waals surface area (Å²) in [5.41, 5.74) is 0.659. The Labute approximate surface area is 146 Å². The van der Waals surface area contributed by atoms with Crippen molar-refractivity contribution in [3.8, 4) is 6.07 Å². The molecule has 1 saturated heterocycles. The number of nitro benzene ring substituents is 1. The van der Waals surface area contributed by atoms with Gasteiger partial charge >= 0.3 is 0 Å². The standard InChI is InChI=1S/C13H15ClN4O2.2ClH/c14-11-2-1-10(9-13(11)18(19)20)12(3-4-15)17-7-5-16-6-8-17;;/h1-2,9,12,16H,3,5-8H2;2*1H/t12-;;/m1../s1. The summed E-state index contributed by atoms with van der Waals surface area (Å²) in [7, 11) is 0. The van der Waals surface area contributed by atoms with Crippen LogP contribution in [0.4, 0.5) is 5.69 Å². The average molecular weight is 368 g/mol. The van der Waals surface area contributed by atoms with Crippen molar-refractivity contribution in [2.45, 2.75) is 12.5 Å². The minimum absolute atomic E-state index is 0. The average Bonchev–Trinajstić information content (AvgIpc) is 2.46. The molecule has 22 heavy (non-hydrogen) atoms. The lowest BCUT2D eigenvalue weighted by molar-refractivity contribution is -0.384. The Hall–Kier alpha value is -1.10. The van der Waals surface area contributed by atoms with Gasteiger partial charge in [-0.1, -0.05) is 17.7 Å². The number of hydrogen-bond donors (Lipinski definition) is 1. The first kappa shape index (κ1) is 20.9. The normalized spacial score (nSPS) is 15.8. The molecule has 0 aliphatic carbocycles. The maximum absolute atomic E-state index is 11.0. The Balaban J connectivity index is 0.00000220. The number of nitro groups is 1. The molecule has 0 radical (unpaired) electrons. The van der Waals surface area contributed by atoms with E-state index in [0.29, 0.717) is 6.42 Å². The summed E-state index contributed by atoms with van der Waals surface area (Å²) in [4.78, 5) is 12.6. The van der Waals surface area contributed by atoms with Gasteiger partial charge in [-0.3, -0.25) is 15.0 Å². The molecule has 1 fully saturated rings. The van der Waals surface area contributed by atoms with Gasteiger partial charge < -0.3 is 5.32 Å². The van der Waals surface area contributed by atoms with Crippen LogP contribution >= 0.6 is 36.4 Å². The van der Waals surface area contributed by atoms with Gasteiger partial charge in [0.05, 0.1) is 17.4 Å². The Morgan fingerprint density at radius 3 is 2.59 bits per heavy atom. The van der Waals surface area contributed by atoms with Crippen LogP contribution in [0, 0.1) is 21.4 Å². The summed E-state index contributed by atoms with van der Waals surface area (Å²) < 4.78 is 0. The molecule has 0 unspecified atom stereocenters. The molecule has 1 aliphatic heterocycles. The lowest BCUT2D eigenvalue weighted by Gasteiger charge is -2.34. The maximum Gasteiger partial charge on any atom is 0.288 e. The van der Waals surface area contributed by atoms with E-state index >= 15 is 0 Å². The fourth-order valence-corrected chi connectivity index (χ4v) is 2.60. The van der Waals surface area contributed by atoms with Crippen molar-refractivity contribution in [3.05, 3.63) is 38.9 Å². The van der Waals surface area contributed by atoms with E-state index in [-0.39, 0.29) is 41.6 Å². The highest BCUT2D eigenvalue weighted by Crippen LogP contribution is 2.31. The fourth-order valence-electron chi connectivity index (χ4n) is 2.41. The highest BCUT2D eigenvalue weighted by molar-refractivity contribution is 6.32. The molecule has 6 nitrogen and oxygen atoms in total. The monoisotopic (exact) mass is 366 g/mol. The van der Waals surface area contributed by atoms with Crippen LogP contribution in [0.2, 0.25) is 5.02 Å². The Morgan fingerprint density at radius 2 is 2.05 bits per heavy atom. The van der Waals surface area contributed by atoms with E-state index in [1.807, 2.05) is 0 Å². The molecule has 0 aromatic heterocycles. The Bertz CT molecular complexity index is 545. The first-order valence-electron chi connectivity index (χ1n) is 6.39. The number of piperazine rings is 1. The van der Waals surface area contributed by atoms with E-state index < -0.39 is 4.92 Å². The van der Waals surface area contributed by atoms with Gasteiger partial charge in [0.1, 0.15) is 5.02 Å². The SMILES string of the molecule is Cl.Cl.N#CC[C@H](c1ccc(Cl)c([N+](=O)[O-])c1)N1CCNCC1. The van der Waals surface area contributed by atoms with Gasteiger partial charge in [-0.2, -0.15) is 5.26 Å². The number of rotatable bonds is 4. The first-order valence-corrected chi connectivity index (χ1v) is 6.77. The second-order valence-corrected chi connectivity index (χ2v) is 5.04. The summed E-state index contributed by atoms with van der Waals surface area (Å²) >= 11 is 5.83. The Morgan fingerprint density at radius 1 is 1.41 bits per heavy atom. The molecular weight excluding hydrogens is 351 g/mol. The Kier molecular flexibility index (Phi) is 9.33. The minimum atomic E-state index is -0.493. The number of nitriles is 1. The van der Waals surface area contributed by atoms with Gasteiger partial charge in [-0.15, -0.1) is 24.8 Å². The predicted octanol–water partition coefficient (Wildman–Crippen LogP) is 2.95. The molecule has 1 aliphatic rings. The third-order valence-electron chi connectivity index (χ3n) is 3.43. The molecule has 2 rings (SSSR count). The molecule has 0 amide bonds. The summed E-state index contributed by atoms with van der Waals surface area (Å²) in [6, 6.07) is 6.81. The van der Waals surface area contributed by atoms with Crippen molar-refractivity contribution >= 4 is 42.1 Å². The van der Waals surface area contributed by atoms with Crippen LogP contribution in [0.5, 0.6) is 0 Å². The molecule has 0 saturated carbocycles. The number of benzene rings is 1. The zero-order chi connectivity index (χ0) is 14.5. The third kappa shape index (κ3) is 4.97. The fraction of sp³-hybridized carbons (Fsp3) is 0.462. The largest absolute Gasteiger partial charge is 0.314 e. The molecule has 0 spiro atoms. The van der Waals surface area contributed by atoms with Crippen molar-refractivity contribution in [3.63, 3.8) is 0 Å². The van der Waals surface area contributed by atoms with Crippen LogP contribution in [0.3, 0.4) is 0 Å². The molecule has 122 valence electrons. The van der Waals surface area contributed by atoms with Gasteiger partial charge in [0.25, 0.3) is 5.69 Å². The van der Waals surface area contributed by atoms with E-state index in [9.17, 15) is 10.1 Å². The van der Waals surface area contributed by atoms with Gasteiger partial charge in [0.15, 0.2) is 0 Å². The lowest BCUT2D eigenvalue weighted by atomic mass is 10.0. The van der Waals surface area contributed by atoms with Crippen LogP contribution in [0.1, 0.15) is 18.0 Å². The first-order chi connectivity index (χ1) is 9.63. The predicted molar refractivity (Wildman–Crippen MR) is 90.0 cm³/mol. The third-order valence-corrected chi connectivity index (χ3v) is 3.75. The molecule has 1 N–H and O–H groups in total. The quantitative estimate of drug-likeness (QED) is 0.653. The van der Waals surface area contributed by atoms with E-state index in [4.69, 9.17) is 16.9 Å². The molecule has 9 heteroatoms. The second kappa shape index (κ2) is 9.82. The highest BCUT2D eigenvalue weighted by atomic mass is 35.5. The highest BCUT2D eigenvalue weighted by Gasteiger charge is 2.24. The topological polar surface area (TPSA) is 82.2 Å². The molecular formula is C13H17Cl3N4O2. The number of hydrogen-bond acceptors (Lipinski definition) is 5. The molecule has 1 atom stereocenters. The van der Waals surface area contributed by atoms with Crippen LogP contribution in [0.15, 0.2) is 18.2 Å². The van der Waals surface area contributed by atoms with Crippen LogP contribution in [-0.4, -0.2) is 36.0 Å². The smallest absolute Gasteiger partial charge is 0.288 e. The van der Waals surface area contributed by atoms with Crippen LogP contribution < -0.4 is 5.32 Å². The van der Waals surface area contributed by atoms with Gasteiger partial charge in [0.2, 0.25) is 0 Å². The minimum Gasteiger partial charge on any atom is -0.314 e. The van der Waals surface area contributed by atoms with Crippen molar-refractivity contribution in [2.24, 2.45) is 0 Å². The van der Waals surface area contributed by atoms with Gasteiger partial charge in [0, 0.05) is 38.3 Å². The summed E-state index contributed by atoms with van der Waals surface area (Å²) in [5, 5.41) is 23.3. The van der Waals surface area contributed by atoms with E-state index in [1.54, 1.807) is 6.07 Å². The molecule has 0 bridgehead atoms. The summed E-state index contributed by atoms with van der Waals surface area (Å²) in [5.74, 6) is 0. The van der Waals surface area contributed by atoms with Crippen molar-refractivity contribution in [1.29, 1.82) is 5.26 Å². The number of halogens is 3. The van der Waals surface area contributed by atoms with Crippen molar-refractivity contribution < 1.29 is 4.92 Å². The summed E-state index contributed by atoms with van der Waals surface area (Å²) in [6.07, 6.45) is 0.304.